The van der Waals surface area contributed by atoms with E-state index in [2.05, 4.69) is 72.4 Å². The predicted molar refractivity (Wildman–Crippen MR) is 243 cm³/mol. The Morgan fingerprint density at radius 3 is 2.34 bits per heavy atom. The van der Waals surface area contributed by atoms with Crippen LogP contribution in [0.3, 0.4) is 0 Å². The van der Waals surface area contributed by atoms with Gasteiger partial charge in [-0.05, 0) is 96.1 Å². The van der Waals surface area contributed by atoms with Crippen molar-refractivity contribution in [2.75, 3.05) is 77.4 Å². The van der Waals surface area contributed by atoms with Crippen molar-refractivity contribution in [2.24, 2.45) is 7.05 Å². The highest BCUT2D eigenvalue weighted by Crippen LogP contribution is 2.40. The summed E-state index contributed by atoms with van der Waals surface area (Å²) in [6, 6.07) is 27.0. The molecule has 62 heavy (non-hydrogen) atoms. The fourth-order valence-corrected chi connectivity index (χ4v) is 9.24. The van der Waals surface area contributed by atoms with E-state index in [1.54, 1.807) is 23.5 Å². The van der Waals surface area contributed by atoms with Crippen molar-refractivity contribution in [1.29, 1.82) is 0 Å². The number of aromatic nitrogens is 4. The first kappa shape index (κ1) is 40.3. The minimum Gasteiger partial charge on any atom is -0.372 e. The van der Waals surface area contributed by atoms with E-state index in [9.17, 15) is 19.2 Å². The second-order valence-corrected chi connectivity index (χ2v) is 16.3. The standard InChI is InChI=1S/C48H50N10O4/c1-32-37(19-21-50-47(32)57(31-59)24-23-53(2)36-7-5-20-49-30-36)38-16-15-35(58-22-6-10-44(58)61)29-41(38)33-11-13-34(14-12-33)55-25-27-56(28-26-55)42-9-4-8-39-45(52-54(3)46(39)42)40-17-18-43(60)51-48(40)62/h4-5,7-9,11-16,19-21,29-31,40H,6,10,17-18,22-28H2,1-3H3,(H,51,60,62). The molecule has 316 valence electrons. The third-order valence-electron chi connectivity index (χ3n) is 12.6. The summed E-state index contributed by atoms with van der Waals surface area (Å²) in [5.74, 6) is -0.229. The topological polar surface area (TPSA) is 140 Å². The van der Waals surface area contributed by atoms with Crippen molar-refractivity contribution < 1.29 is 19.2 Å². The van der Waals surface area contributed by atoms with Crippen molar-refractivity contribution >= 4 is 63.6 Å². The van der Waals surface area contributed by atoms with Crippen LogP contribution in [0.1, 0.15) is 42.9 Å². The summed E-state index contributed by atoms with van der Waals surface area (Å²) in [5.41, 5.74) is 10.6. The number of carbonyl (C=O) groups is 4. The lowest BCUT2D eigenvalue weighted by atomic mass is 9.91. The van der Waals surface area contributed by atoms with Gasteiger partial charge in [0, 0.05) is 102 Å². The first-order chi connectivity index (χ1) is 30.2. The first-order valence-electron chi connectivity index (χ1n) is 21.3. The van der Waals surface area contributed by atoms with Crippen LogP contribution in [0.15, 0.2) is 97.5 Å². The van der Waals surface area contributed by atoms with Gasteiger partial charge < -0.3 is 19.6 Å². The van der Waals surface area contributed by atoms with Gasteiger partial charge in [-0.3, -0.25) is 39.1 Å². The Labute approximate surface area is 360 Å². The Morgan fingerprint density at radius 1 is 0.823 bits per heavy atom. The summed E-state index contributed by atoms with van der Waals surface area (Å²) in [6.07, 6.45) is 8.30. The maximum Gasteiger partial charge on any atom is 0.235 e. The monoisotopic (exact) mass is 830 g/mol. The Balaban J connectivity index is 0.958. The maximum atomic E-state index is 12.9. The molecule has 3 aliphatic heterocycles. The number of hydrogen-bond donors (Lipinski definition) is 1. The smallest absolute Gasteiger partial charge is 0.235 e. The normalized spacial score (nSPS) is 16.9. The molecule has 0 bridgehead atoms. The van der Waals surface area contributed by atoms with E-state index in [-0.39, 0.29) is 17.7 Å². The largest absolute Gasteiger partial charge is 0.372 e. The van der Waals surface area contributed by atoms with Crippen LogP contribution in [-0.4, -0.2) is 96.7 Å². The maximum absolute atomic E-state index is 12.9. The number of imide groups is 1. The molecule has 6 aromatic rings. The van der Waals surface area contributed by atoms with Crippen molar-refractivity contribution in [1.82, 2.24) is 25.1 Å². The summed E-state index contributed by atoms with van der Waals surface area (Å²) in [4.78, 5) is 69.4. The van der Waals surface area contributed by atoms with Crippen LogP contribution in [0, 0.1) is 6.92 Å². The molecule has 0 saturated carbocycles. The fourth-order valence-electron chi connectivity index (χ4n) is 9.24. The summed E-state index contributed by atoms with van der Waals surface area (Å²) in [7, 11) is 3.90. The van der Waals surface area contributed by atoms with Crippen LogP contribution in [0.4, 0.5) is 28.6 Å². The number of pyridine rings is 2. The molecule has 3 aromatic carbocycles. The van der Waals surface area contributed by atoms with Gasteiger partial charge in [0.1, 0.15) is 5.82 Å². The zero-order valence-corrected chi connectivity index (χ0v) is 35.3. The zero-order valence-electron chi connectivity index (χ0n) is 35.3. The number of amides is 4. The predicted octanol–water partition coefficient (Wildman–Crippen LogP) is 6.08. The number of fused-ring (bicyclic) bond motifs is 1. The van der Waals surface area contributed by atoms with Crippen LogP contribution in [0.2, 0.25) is 0 Å². The molecule has 14 nitrogen and oxygen atoms in total. The number of aryl methyl sites for hydroxylation is 1. The van der Waals surface area contributed by atoms with Crippen LogP contribution in [-0.2, 0) is 26.2 Å². The van der Waals surface area contributed by atoms with Gasteiger partial charge in [-0.2, -0.15) is 5.10 Å². The van der Waals surface area contributed by atoms with E-state index in [0.29, 0.717) is 44.7 Å². The number of rotatable bonds is 12. The van der Waals surface area contributed by atoms with Crippen LogP contribution in [0.5, 0.6) is 0 Å². The minimum atomic E-state index is -0.451. The van der Waals surface area contributed by atoms with E-state index in [1.165, 1.54) is 0 Å². The number of benzene rings is 3. The van der Waals surface area contributed by atoms with E-state index >= 15 is 0 Å². The quantitative estimate of drug-likeness (QED) is 0.114. The zero-order chi connectivity index (χ0) is 42.9. The average Bonchev–Trinajstić information content (AvgIpc) is 3.89. The molecule has 0 radical (unpaired) electrons. The van der Waals surface area contributed by atoms with Gasteiger partial charge in [-0.25, -0.2) is 4.98 Å². The summed E-state index contributed by atoms with van der Waals surface area (Å²) < 4.78 is 1.87. The molecular formula is C48H50N10O4. The molecule has 3 fully saturated rings. The van der Waals surface area contributed by atoms with Crippen molar-refractivity contribution in [3.8, 4) is 22.3 Å². The van der Waals surface area contributed by atoms with Crippen molar-refractivity contribution in [3.05, 3.63) is 109 Å². The van der Waals surface area contributed by atoms with Gasteiger partial charge in [-0.1, -0.05) is 30.3 Å². The van der Waals surface area contributed by atoms with Crippen LogP contribution < -0.4 is 29.8 Å². The Kier molecular flexibility index (Phi) is 11.1. The highest BCUT2D eigenvalue weighted by Gasteiger charge is 2.33. The first-order valence-corrected chi connectivity index (χ1v) is 21.3. The van der Waals surface area contributed by atoms with Crippen molar-refractivity contribution in [3.63, 3.8) is 0 Å². The van der Waals surface area contributed by atoms with Gasteiger partial charge in [0.2, 0.25) is 24.1 Å². The summed E-state index contributed by atoms with van der Waals surface area (Å²) >= 11 is 0. The Hall–Kier alpha value is -7.09. The molecular weight excluding hydrogens is 781 g/mol. The Bertz CT molecular complexity index is 2660. The molecule has 0 aliphatic carbocycles. The third kappa shape index (κ3) is 7.72. The minimum absolute atomic E-state index is 0.132. The molecule has 3 aliphatic rings. The number of hydrogen-bond acceptors (Lipinski definition) is 10. The average molecular weight is 831 g/mol. The van der Waals surface area contributed by atoms with Crippen LogP contribution in [0.25, 0.3) is 33.2 Å². The highest BCUT2D eigenvalue weighted by atomic mass is 16.2. The molecule has 9 rings (SSSR count). The lowest BCUT2D eigenvalue weighted by Gasteiger charge is -2.37. The van der Waals surface area contributed by atoms with E-state index in [1.807, 2.05) is 67.0 Å². The van der Waals surface area contributed by atoms with Gasteiger partial charge in [0.15, 0.2) is 0 Å². The highest BCUT2D eigenvalue weighted by molar-refractivity contribution is 6.04. The number of piperidine rings is 1. The van der Waals surface area contributed by atoms with Gasteiger partial charge in [0.05, 0.1) is 34.7 Å². The van der Waals surface area contributed by atoms with Crippen molar-refractivity contribution in [2.45, 2.75) is 38.5 Å². The number of anilines is 5. The molecule has 0 spiro atoms. The molecule has 1 N–H and O–H groups in total. The molecule has 1 unspecified atom stereocenters. The lowest BCUT2D eigenvalue weighted by molar-refractivity contribution is -0.134. The SMILES string of the molecule is Cc1c(-c2ccc(N3CCCC3=O)cc2-c2ccc(N3CCN(c4cccc5c(C6CCC(=O)NC6=O)nn(C)c45)CC3)cc2)ccnc1N(C=O)CCN(C)c1cccnc1. The van der Waals surface area contributed by atoms with E-state index < -0.39 is 5.92 Å². The van der Waals surface area contributed by atoms with Gasteiger partial charge in [-0.15, -0.1) is 0 Å². The number of carbonyl (C=O) groups excluding carboxylic acids is 4. The fraction of sp³-hybridized carbons (Fsp3) is 0.312. The van der Waals surface area contributed by atoms with Gasteiger partial charge in [0.25, 0.3) is 0 Å². The molecule has 14 heteroatoms. The van der Waals surface area contributed by atoms with E-state index in [0.717, 1.165) is 106 Å². The van der Waals surface area contributed by atoms with E-state index in [4.69, 9.17) is 5.10 Å². The summed E-state index contributed by atoms with van der Waals surface area (Å²) in [5, 5.41) is 8.23. The number of nitrogens with one attached hydrogen (secondary N) is 1. The third-order valence-corrected chi connectivity index (χ3v) is 12.6. The summed E-state index contributed by atoms with van der Waals surface area (Å²) in [6.45, 7) is 6.97. The molecule has 6 heterocycles. The second kappa shape index (κ2) is 17.1. The van der Waals surface area contributed by atoms with Crippen LogP contribution >= 0.6 is 0 Å². The lowest BCUT2D eigenvalue weighted by Crippen LogP contribution is -2.46. The molecule has 3 saturated heterocycles. The molecule has 1 atom stereocenters. The second-order valence-electron chi connectivity index (χ2n) is 16.3. The number of piperazine rings is 1. The molecule has 3 aromatic heterocycles. The van der Waals surface area contributed by atoms with Gasteiger partial charge >= 0.3 is 0 Å². The number of likely N-dealkylation sites (N-methyl/N-ethyl adjacent to an activating group) is 1. The number of nitrogens with zero attached hydrogens (tertiary/aromatic N) is 9. The molecule has 4 amide bonds. The number of para-hydroxylation sites is 1. The Morgan fingerprint density at radius 2 is 1.61 bits per heavy atom.